The van der Waals surface area contributed by atoms with Crippen molar-refractivity contribution in [2.75, 3.05) is 17.1 Å². The Morgan fingerprint density at radius 2 is 1.78 bits per heavy atom. The number of unbranched alkanes of at least 4 members (excludes halogenated alkanes) is 1. The lowest BCUT2D eigenvalue weighted by Crippen LogP contribution is -2.17. The SMILES string of the molecule is O=S(=O)(CCCCO)Nc1c(Cl)cc(Br)cc1Cl. The van der Waals surface area contributed by atoms with Crippen molar-refractivity contribution >= 4 is 54.8 Å². The third kappa shape index (κ3) is 4.93. The number of hydrogen-bond acceptors (Lipinski definition) is 3. The van der Waals surface area contributed by atoms with E-state index in [1.165, 1.54) is 0 Å². The van der Waals surface area contributed by atoms with Crippen LogP contribution in [0.3, 0.4) is 0 Å². The van der Waals surface area contributed by atoms with Gasteiger partial charge in [0.2, 0.25) is 10.0 Å². The Balaban J connectivity index is 2.84. The Kier molecular flexibility index (Phi) is 6.20. The van der Waals surface area contributed by atoms with Gasteiger partial charge in [-0.3, -0.25) is 4.72 Å². The van der Waals surface area contributed by atoms with E-state index in [2.05, 4.69) is 20.7 Å². The van der Waals surface area contributed by atoms with Gasteiger partial charge in [0.05, 0.1) is 21.5 Å². The first-order valence-corrected chi connectivity index (χ1v) is 8.32. The van der Waals surface area contributed by atoms with Gasteiger partial charge >= 0.3 is 0 Å². The number of aliphatic hydroxyl groups excluding tert-OH is 1. The molecule has 0 aliphatic rings. The number of hydrogen-bond donors (Lipinski definition) is 2. The Bertz CT molecular complexity index is 499. The molecule has 0 atom stereocenters. The number of benzene rings is 1. The molecule has 102 valence electrons. The molecule has 18 heavy (non-hydrogen) atoms. The fourth-order valence-corrected chi connectivity index (χ4v) is 3.88. The van der Waals surface area contributed by atoms with Crippen molar-refractivity contribution in [3.8, 4) is 0 Å². The predicted octanol–water partition coefficient (Wildman–Crippen LogP) is 3.27. The van der Waals surface area contributed by atoms with Crippen LogP contribution in [0.25, 0.3) is 0 Å². The maximum absolute atomic E-state index is 11.7. The highest BCUT2D eigenvalue weighted by Crippen LogP contribution is 2.34. The summed E-state index contributed by atoms with van der Waals surface area (Å²) in [6.45, 7) is -0.0324. The van der Waals surface area contributed by atoms with Gasteiger partial charge in [-0.15, -0.1) is 0 Å². The molecule has 0 saturated heterocycles. The molecule has 2 N–H and O–H groups in total. The summed E-state index contributed by atoms with van der Waals surface area (Å²) < 4.78 is 26.5. The summed E-state index contributed by atoms with van der Waals surface area (Å²) in [6, 6.07) is 3.11. The van der Waals surface area contributed by atoms with E-state index in [4.69, 9.17) is 28.3 Å². The van der Waals surface area contributed by atoms with Gasteiger partial charge in [-0.2, -0.15) is 0 Å². The van der Waals surface area contributed by atoms with Crippen LogP contribution in [0.5, 0.6) is 0 Å². The van der Waals surface area contributed by atoms with E-state index in [1.54, 1.807) is 12.1 Å². The molecule has 4 nitrogen and oxygen atoms in total. The molecule has 8 heteroatoms. The minimum atomic E-state index is -3.51. The van der Waals surface area contributed by atoms with Gasteiger partial charge in [0.1, 0.15) is 0 Å². The summed E-state index contributed by atoms with van der Waals surface area (Å²) >= 11 is 15.0. The van der Waals surface area contributed by atoms with Crippen LogP contribution in [0.2, 0.25) is 10.0 Å². The van der Waals surface area contributed by atoms with E-state index >= 15 is 0 Å². The van der Waals surface area contributed by atoms with Crippen LogP contribution in [0.1, 0.15) is 12.8 Å². The molecule has 0 spiro atoms. The second-order valence-electron chi connectivity index (χ2n) is 3.60. The fraction of sp³-hybridized carbons (Fsp3) is 0.400. The number of aliphatic hydroxyl groups is 1. The molecule has 0 aromatic heterocycles. The third-order valence-corrected chi connectivity index (χ3v) is 4.48. The molecule has 0 bridgehead atoms. The van der Waals surface area contributed by atoms with Gasteiger partial charge < -0.3 is 5.11 Å². The maximum atomic E-state index is 11.7. The summed E-state index contributed by atoms with van der Waals surface area (Å²) in [5.74, 6) is -0.0870. The van der Waals surface area contributed by atoms with E-state index in [-0.39, 0.29) is 28.1 Å². The maximum Gasteiger partial charge on any atom is 0.232 e. The lowest BCUT2D eigenvalue weighted by atomic mass is 10.3. The smallest absolute Gasteiger partial charge is 0.232 e. The Morgan fingerprint density at radius 3 is 2.28 bits per heavy atom. The van der Waals surface area contributed by atoms with Crippen LogP contribution in [0, 0.1) is 0 Å². The monoisotopic (exact) mass is 375 g/mol. The van der Waals surface area contributed by atoms with Crippen molar-refractivity contribution < 1.29 is 13.5 Å². The van der Waals surface area contributed by atoms with E-state index in [9.17, 15) is 8.42 Å². The molecule has 0 saturated carbocycles. The summed E-state index contributed by atoms with van der Waals surface area (Å²) in [5, 5.41) is 9.05. The van der Waals surface area contributed by atoms with Crippen LogP contribution >= 0.6 is 39.1 Å². The van der Waals surface area contributed by atoms with Gasteiger partial charge in [0, 0.05) is 11.1 Å². The van der Waals surface area contributed by atoms with Crippen molar-refractivity contribution in [2.24, 2.45) is 0 Å². The van der Waals surface area contributed by atoms with E-state index in [1.807, 2.05) is 0 Å². The van der Waals surface area contributed by atoms with Crippen molar-refractivity contribution in [1.82, 2.24) is 0 Å². The second kappa shape index (κ2) is 6.96. The number of rotatable bonds is 6. The topological polar surface area (TPSA) is 66.4 Å². The highest BCUT2D eigenvalue weighted by molar-refractivity contribution is 9.10. The van der Waals surface area contributed by atoms with Gasteiger partial charge in [0.25, 0.3) is 0 Å². The highest BCUT2D eigenvalue weighted by Gasteiger charge is 2.15. The van der Waals surface area contributed by atoms with Crippen LogP contribution in [-0.4, -0.2) is 25.9 Å². The molecule has 0 heterocycles. The van der Waals surface area contributed by atoms with Crippen LogP contribution in [-0.2, 0) is 10.0 Å². The summed E-state index contributed by atoms with van der Waals surface area (Å²) in [5.41, 5.74) is 0.172. The third-order valence-electron chi connectivity index (χ3n) is 2.09. The van der Waals surface area contributed by atoms with Gasteiger partial charge in [0.15, 0.2) is 0 Å². The molecule has 1 rings (SSSR count). The normalized spacial score (nSPS) is 11.6. The lowest BCUT2D eigenvalue weighted by Gasteiger charge is -2.11. The van der Waals surface area contributed by atoms with E-state index in [0.29, 0.717) is 17.3 Å². The van der Waals surface area contributed by atoms with Crippen LogP contribution < -0.4 is 4.72 Å². The first-order chi connectivity index (χ1) is 8.35. The minimum Gasteiger partial charge on any atom is -0.396 e. The molecule has 0 radical (unpaired) electrons. The van der Waals surface area contributed by atoms with Crippen molar-refractivity contribution in [1.29, 1.82) is 0 Å². The molecular formula is C10H12BrCl2NO3S. The summed E-state index contributed by atoms with van der Waals surface area (Å²) in [7, 11) is -3.51. The Hall–Kier alpha value is -0.0100. The highest BCUT2D eigenvalue weighted by atomic mass is 79.9. The van der Waals surface area contributed by atoms with Crippen molar-refractivity contribution in [3.05, 3.63) is 26.7 Å². The van der Waals surface area contributed by atoms with Gasteiger partial charge in [-0.05, 0) is 25.0 Å². The molecule has 0 amide bonds. The van der Waals surface area contributed by atoms with Crippen molar-refractivity contribution in [2.45, 2.75) is 12.8 Å². The average molecular weight is 377 g/mol. The Labute approximate surface area is 124 Å². The molecular weight excluding hydrogens is 365 g/mol. The Morgan fingerprint density at radius 1 is 1.22 bits per heavy atom. The fourth-order valence-electron chi connectivity index (χ4n) is 1.25. The zero-order valence-corrected chi connectivity index (χ0v) is 13.2. The molecule has 0 unspecified atom stereocenters. The zero-order valence-electron chi connectivity index (χ0n) is 9.29. The first-order valence-electron chi connectivity index (χ1n) is 5.11. The van der Waals surface area contributed by atoms with Crippen LogP contribution in [0.4, 0.5) is 5.69 Å². The molecule has 0 aliphatic carbocycles. The van der Waals surface area contributed by atoms with Crippen molar-refractivity contribution in [3.63, 3.8) is 0 Å². The van der Waals surface area contributed by atoms with E-state index in [0.717, 1.165) is 0 Å². The predicted molar refractivity (Wildman–Crippen MR) is 77.9 cm³/mol. The minimum absolute atomic E-state index is 0.0324. The largest absolute Gasteiger partial charge is 0.396 e. The van der Waals surface area contributed by atoms with Gasteiger partial charge in [-0.25, -0.2) is 8.42 Å². The molecule has 1 aromatic rings. The first kappa shape index (κ1) is 16.0. The standard InChI is InChI=1S/C10H12BrCl2NO3S/c11-7-5-8(12)10(9(13)6-7)14-18(16,17)4-2-1-3-15/h5-6,14-15H,1-4H2. The molecule has 1 aromatic carbocycles. The lowest BCUT2D eigenvalue weighted by molar-refractivity contribution is 0.287. The van der Waals surface area contributed by atoms with Crippen LogP contribution in [0.15, 0.2) is 16.6 Å². The van der Waals surface area contributed by atoms with E-state index < -0.39 is 10.0 Å². The number of anilines is 1. The second-order valence-corrected chi connectivity index (χ2v) is 7.17. The van der Waals surface area contributed by atoms with Gasteiger partial charge in [-0.1, -0.05) is 39.1 Å². The molecule has 0 fully saturated rings. The molecule has 0 aliphatic heterocycles. The number of nitrogens with one attached hydrogen (secondary N) is 1. The number of sulfonamides is 1. The zero-order chi connectivity index (χ0) is 13.8. The quantitative estimate of drug-likeness (QED) is 0.748. The summed E-state index contributed by atoms with van der Waals surface area (Å²) in [6.07, 6.45) is 0.806. The average Bonchev–Trinajstić information content (AvgIpc) is 2.23. The summed E-state index contributed by atoms with van der Waals surface area (Å²) in [4.78, 5) is 0. The number of halogens is 3.